The Kier molecular flexibility index (Phi) is 4.52. The molecule has 3 aromatic rings. The minimum absolute atomic E-state index is 0.0408. The monoisotopic (exact) mass is 388 g/mol. The highest BCUT2D eigenvalue weighted by Gasteiger charge is 2.21. The number of nitro groups is 1. The van der Waals surface area contributed by atoms with E-state index in [9.17, 15) is 33.0 Å². The molecule has 0 radical (unpaired) electrons. The number of carbonyl (C=O) groups excluding carboxylic acids is 1. The molecule has 0 aromatic heterocycles. The molecule has 3 aromatic carbocycles. The molecule has 0 aliphatic rings. The zero-order valence-electron chi connectivity index (χ0n) is 13.5. The molecule has 0 heterocycles. The predicted octanol–water partition coefficient (Wildman–Crippen LogP) is 2.95. The van der Waals surface area contributed by atoms with Crippen molar-refractivity contribution < 1.29 is 27.8 Å². The predicted molar refractivity (Wildman–Crippen MR) is 96.5 cm³/mol. The van der Waals surface area contributed by atoms with E-state index in [-0.39, 0.29) is 33.5 Å². The van der Waals surface area contributed by atoms with Crippen LogP contribution in [-0.4, -0.2) is 28.9 Å². The summed E-state index contributed by atoms with van der Waals surface area (Å²) in [4.78, 5) is 22.0. The summed E-state index contributed by atoms with van der Waals surface area (Å²) in [6.45, 7) is 0. The van der Waals surface area contributed by atoms with Gasteiger partial charge in [-0.25, -0.2) is 0 Å². The number of phenols is 1. The minimum atomic E-state index is -4.67. The van der Waals surface area contributed by atoms with E-state index in [1.807, 2.05) is 0 Å². The van der Waals surface area contributed by atoms with Crippen molar-refractivity contribution >= 4 is 38.2 Å². The largest absolute Gasteiger partial charge is 0.507 e. The van der Waals surface area contributed by atoms with Crippen LogP contribution in [0, 0.1) is 10.1 Å². The van der Waals surface area contributed by atoms with E-state index in [1.54, 1.807) is 0 Å². The highest BCUT2D eigenvalue weighted by molar-refractivity contribution is 7.86. The third-order valence-electron chi connectivity index (χ3n) is 3.86. The number of benzene rings is 3. The first-order chi connectivity index (χ1) is 12.7. The summed E-state index contributed by atoms with van der Waals surface area (Å²) in [5, 5.41) is 23.5. The van der Waals surface area contributed by atoms with Crippen LogP contribution in [0.25, 0.3) is 10.8 Å². The topological polar surface area (TPSA) is 147 Å². The highest BCUT2D eigenvalue weighted by atomic mass is 32.2. The van der Waals surface area contributed by atoms with Gasteiger partial charge in [-0.1, -0.05) is 12.1 Å². The fraction of sp³-hybridized carbons (Fsp3) is 0. The van der Waals surface area contributed by atoms with Crippen molar-refractivity contribution in [3.63, 3.8) is 0 Å². The van der Waals surface area contributed by atoms with Gasteiger partial charge < -0.3 is 10.4 Å². The number of anilines is 1. The average Bonchev–Trinajstić information content (AvgIpc) is 2.61. The summed E-state index contributed by atoms with van der Waals surface area (Å²) in [6.07, 6.45) is 0. The molecule has 0 fully saturated rings. The second-order valence-electron chi connectivity index (χ2n) is 5.54. The summed E-state index contributed by atoms with van der Waals surface area (Å²) in [7, 11) is -4.67. The Morgan fingerprint density at radius 2 is 1.67 bits per heavy atom. The van der Waals surface area contributed by atoms with E-state index in [1.165, 1.54) is 36.4 Å². The molecule has 0 bridgehead atoms. The van der Waals surface area contributed by atoms with Crippen LogP contribution in [-0.2, 0) is 10.1 Å². The number of amides is 1. The van der Waals surface area contributed by atoms with E-state index < -0.39 is 25.8 Å². The molecule has 27 heavy (non-hydrogen) atoms. The number of carbonyl (C=O) groups is 1. The number of nitro benzene ring substituents is 1. The van der Waals surface area contributed by atoms with Crippen LogP contribution in [0.1, 0.15) is 10.4 Å². The molecule has 138 valence electrons. The summed E-state index contributed by atoms with van der Waals surface area (Å²) < 4.78 is 32.8. The molecule has 10 heteroatoms. The van der Waals surface area contributed by atoms with Gasteiger partial charge in [0.15, 0.2) is 0 Å². The Morgan fingerprint density at radius 3 is 2.26 bits per heavy atom. The zero-order chi connectivity index (χ0) is 19.8. The Hall–Kier alpha value is -3.50. The minimum Gasteiger partial charge on any atom is -0.507 e. The summed E-state index contributed by atoms with van der Waals surface area (Å²) in [5.41, 5.74) is -0.381. The standard InChI is InChI=1S/C17H12N2O7S/c20-14-3-1-2-13-12(14)8-9-15(27(24,25)26)16(13)18-17(21)10-4-6-11(7-5-10)19(22)23/h1-9,20H,(H,18,21)(H,24,25,26). The van der Waals surface area contributed by atoms with E-state index >= 15 is 0 Å². The fourth-order valence-corrected chi connectivity index (χ4v) is 3.24. The van der Waals surface area contributed by atoms with Gasteiger partial charge >= 0.3 is 0 Å². The van der Waals surface area contributed by atoms with Gasteiger partial charge in [0.2, 0.25) is 0 Å². The summed E-state index contributed by atoms with van der Waals surface area (Å²) in [5.74, 6) is -0.883. The lowest BCUT2D eigenvalue weighted by Crippen LogP contribution is -2.15. The van der Waals surface area contributed by atoms with Crippen LogP contribution in [0.4, 0.5) is 11.4 Å². The van der Waals surface area contributed by atoms with E-state index in [0.717, 1.165) is 18.2 Å². The lowest BCUT2D eigenvalue weighted by Gasteiger charge is -2.13. The third-order valence-corrected chi connectivity index (χ3v) is 4.75. The van der Waals surface area contributed by atoms with E-state index in [4.69, 9.17) is 0 Å². The number of fused-ring (bicyclic) bond motifs is 1. The van der Waals surface area contributed by atoms with Crippen molar-refractivity contribution in [1.29, 1.82) is 0 Å². The van der Waals surface area contributed by atoms with Crippen LogP contribution in [0.2, 0.25) is 0 Å². The van der Waals surface area contributed by atoms with Crippen molar-refractivity contribution in [2.75, 3.05) is 5.32 Å². The Balaban J connectivity index is 2.11. The molecule has 0 saturated carbocycles. The maximum Gasteiger partial charge on any atom is 0.296 e. The molecule has 0 spiro atoms. The van der Waals surface area contributed by atoms with Gasteiger partial charge in [-0.05, 0) is 30.3 Å². The molecule has 0 atom stereocenters. The number of rotatable bonds is 4. The second kappa shape index (κ2) is 6.67. The smallest absolute Gasteiger partial charge is 0.296 e. The van der Waals surface area contributed by atoms with Gasteiger partial charge in [0.05, 0.1) is 10.6 Å². The number of non-ortho nitro benzene ring substituents is 1. The number of nitrogens with one attached hydrogen (secondary N) is 1. The third kappa shape index (κ3) is 3.57. The first kappa shape index (κ1) is 18.3. The Bertz CT molecular complexity index is 1170. The van der Waals surface area contributed by atoms with Crippen molar-refractivity contribution in [3.05, 3.63) is 70.3 Å². The van der Waals surface area contributed by atoms with Crippen molar-refractivity contribution in [2.24, 2.45) is 0 Å². The van der Waals surface area contributed by atoms with Crippen LogP contribution in [0.3, 0.4) is 0 Å². The zero-order valence-corrected chi connectivity index (χ0v) is 14.3. The van der Waals surface area contributed by atoms with Gasteiger partial charge in [-0.15, -0.1) is 0 Å². The Morgan fingerprint density at radius 1 is 1.00 bits per heavy atom. The summed E-state index contributed by atoms with van der Waals surface area (Å²) in [6, 6.07) is 11.4. The van der Waals surface area contributed by atoms with Crippen LogP contribution < -0.4 is 5.32 Å². The molecule has 3 rings (SSSR count). The highest BCUT2D eigenvalue weighted by Crippen LogP contribution is 2.35. The van der Waals surface area contributed by atoms with E-state index in [0.29, 0.717) is 0 Å². The molecular formula is C17H12N2O7S. The Labute approximate surface area is 152 Å². The van der Waals surface area contributed by atoms with Crippen molar-refractivity contribution in [2.45, 2.75) is 4.90 Å². The molecule has 0 aliphatic heterocycles. The molecule has 0 unspecified atom stereocenters. The lowest BCUT2D eigenvalue weighted by molar-refractivity contribution is -0.384. The lowest BCUT2D eigenvalue weighted by atomic mass is 10.1. The molecular weight excluding hydrogens is 376 g/mol. The SMILES string of the molecule is O=C(Nc1c(S(=O)(=O)O)ccc2c(O)cccc12)c1ccc([N+](=O)[O-])cc1. The fourth-order valence-electron chi connectivity index (χ4n) is 2.59. The maximum absolute atomic E-state index is 12.5. The van der Waals surface area contributed by atoms with E-state index in [2.05, 4.69) is 5.32 Å². The van der Waals surface area contributed by atoms with Crippen molar-refractivity contribution in [3.8, 4) is 5.75 Å². The molecule has 9 nitrogen and oxygen atoms in total. The number of phenolic OH excluding ortho intramolecular Hbond substituents is 1. The number of aromatic hydroxyl groups is 1. The van der Waals surface area contributed by atoms with Crippen molar-refractivity contribution in [1.82, 2.24) is 0 Å². The quantitative estimate of drug-likeness (QED) is 0.354. The second-order valence-corrected chi connectivity index (χ2v) is 6.93. The van der Waals surface area contributed by atoms with Gasteiger partial charge in [0.1, 0.15) is 10.6 Å². The molecule has 3 N–H and O–H groups in total. The van der Waals surface area contributed by atoms with Gasteiger partial charge in [-0.3, -0.25) is 19.5 Å². The first-order valence-corrected chi connectivity index (χ1v) is 8.90. The maximum atomic E-state index is 12.5. The van der Waals surface area contributed by atoms with Crippen LogP contribution in [0.15, 0.2) is 59.5 Å². The van der Waals surface area contributed by atoms with Gasteiger partial charge in [0.25, 0.3) is 21.7 Å². The first-order valence-electron chi connectivity index (χ1n) is 7.46. The molecule has 1 amide bonds. The number of hydrogen-bond donors (Lipinski definition) is 3. The number of hydrogen-bond acceptors (Lipinski definition) is 6. The molecule has 0 saturated heterocycles. The van der Waals surface area contributed by atoms with Crippen LogP contribution >= 0.6 is 0 Å². The normalized spacial score (nSPS) is 11.3. The molecule has 0 aliphatic carbocycles. The van der Waals surface area contributed by atoms with Gasteiger partial charge in [0, 0.05) is 28.5 Å². The summed E-state index contributed by atoms with van der Waals surface area (Å²) >= 11 is 0. The number of nitrogens with zero attached hydrogens (tertiary/aromatic N) is 1. The average molecular weight is 388 g/mol. The van der Waals surface area contributed by atoms with Crippen LogP contribution in [0.5, 0.6) is 5.75 Å². The van der Waals surface area contributed by atoms with Gasteiger partial charge in [-0.2, -0.15) is 8.42 Å².